The topological polar surface area (TPSA) is 21.3 Å². The van der Waals surface area contributed by atoms with Crippen LogP contribution in [0, 0.1) is 0 Å². The third-order valence-corrected chi connectivity index (χ3v) is 10.5. The van der Waals surface area contributed by atoms with Crippen LogP contribution in [-0.2, 0) is 0 Å². The molecule has 0 amide bonds. The molecular weight excluding hydrogens is 621 g/mol. The van der Waals surface area contributed by atoms with Crippen molar-refractivity contribution in [3.05, 3.63) is 182 Å². The van der Waals surface area contributed by atoms with Crippen molar-refractivity contribution < 1.29 is 4.42 Å². The van der Waals surface area contributed by atoms with Crippen molar-refractivity contribution in [2.45, 2.75) is 0 Å². The third-order valence-electron chi connectivity index (χ3n) is 10.5. The molecule has 0 aliphatic carbocycles. The van der Waals surface area contributed by atoms with Gasteiger partial charge in [-0.1, -0.05) is 115 Å². The van der Waals surface area contributed by atoms with E-state index >= 15 is 0 Å². The Labute approximate surface area is 293 Å². The molecule has 0 radical (unpaired) electrons. The molecule has 238 valence electrons. The predicted molar refractivity (Wildman–Crippen MR) is 215 cm³/mol. The number of anilines is 3. The molecule has 11 rings (SSSR count). The molecule has 0 N–H and O–H groups in total. The second kappa shape index (κ2) is 10.8. The van der Waals surface area contributed by atoms with Gasteiger partial charge in [0.25, 0.3) is 0 Å². The lowest BCUT2D eigenvalue weighted by Crippen LogP contribution is -2.10. The highest BCUT2D eigenvalue weighted by atomic mass is 16.3. The summed E-state index contributed by atoms with van der Waals surface area (Å²) in [5.74, 6) is 0. The smallest absolute Gasteiger partial charge is 0.143 e. The highest BCUT2D eigenvalue weighted by Gasteiger charge is 2.22. The fourth-order valence-corrected chi connectivity index (χ4v) is 8.22. The predicted octanol–water partition coefficient (Wildman–Crippen LogP) is 13.6. The normalized spacial score (nSPS) is 11.9. The van der Waals surface area contributed by atoms with Crippen molar-refractivity contribution in [2.75, 3.05) is 4.90 Å². The lowest BCUT2D eigenvalue weighted by atomic mass is 10.0. The van der Waals surface area contributed by atoms with E-state index < -0.39 is 0 Å². The van der Waals surface area contributed by atoms with Crippen molar-refractivity contribution in [2.24, 2.45) is 0 Å². The number of aromatic nitrogens is 1. The van der Waals surface area contributed by atoms with Gasteiger partial charge < -0.3 is 13.9 Å². The number of rotatable bonds is 4. The summed E-state index contributed by atoms with van der Waals surface area (Å²) in [5, 5.41) is 11.9. The minimum atomic E-state index is 0.875. The first-order valence-electron chi connectivity index (χ1n) is 17.4. The SMILES string of the molecule is c1ccc(N(c2ccc3c(c2)c2cc4ccccc4cc2n3-c2cccc3ccccc23)c2cccc3oc4c5ccccc5ccc4c23)cc1. The van der Waals surface area contributed by atoms with Crippen LogP contribution in [0.25, 0.3) is 81.7 Å². The third kappa shape index (κ3) is 4.19. The molecule has 2 aromatic heterocycles. The summed E-state index contributed by atoms with van der Waals surface area (Å²) in [7, 11) is 0. The lowest BCUT2D eigenvalue weighted by Gasteiger charge is -2.26. The molecule has 3 nitrogen and oxygen atoms in total. The van der Waals surface area contributed by atoms with Crippen LogP contribution < -0.4 is 4.90 Å². The molecule has 0 bridgehead atoms. The summed E-state index contributed by atoms with van der Waals surface area (Å²) >= 11 is 0. The molecule has 51 heavy (non-hydrogen) atoms. The molecule has 11 aromatic rings. The zero-order chi connectivity index (χ0) is 33.5. The van der Waals surface area contributed by atoms with Crippen molar-refractivity contribution in [1.29, 1.82) is 0 Å². The van der Waals surface area contributed by atoms with Crippen LogP contribution in [0.15, 0.2) is 186 Å². The molecule has 0 unspecified atom stereocenters. The second-order valence-electron chi connectivity index (χ2n) is 13.3. The van der Waals surface area contributed by atoms with Gasteiger partial charge in [0.05, 0.1) is 27.8 Å². The average Bonchev–Trinajstić information content (AvgIpc) is 3.73. The summed E-state index contributed by atoms with van der Waals surface area (Å²) < 4.78 is 9.10. The second-order valence-corrected chi connectivity index (χ2v) is 13.3. The highest BCUT2D eigenvalue weighted by Crippen LogP contribution is 2.46. The Bertz CT molecular complexity index is 3150. The van der Waals surface area contributed by atoms with Crippen LogP contribution in [0.2, 0.25) is 0 Å². The molecule has 2 heterocycles. The van der Waals surface area contributed by atoms with Crippen LogP contribution in [0.3, 0.4) is 0 Å². The van der Waals surface area contributed by atoms with E-state index in [0.29, 0.717) is 0 Å². The molecule has 0 fully saturated rings. The van der Waals surface area contributed by atoms with Gasteiger partial charge in [0, 0.05) is 38.3 Å². The molecule has 9 aromatic carbocycles. The molecule has 0 aliphatic heterocycles. The zero-order valence-corrected chi connectivity index (χ0v) is 27.6. The number of nitrogens with zero attached hydrogens (tertiary/aromatic N) is 2. The Kier molecular flexibility index (Phi) is 5.96. The van der Waals surface area contributed by atoms with Crippen LogP contribution in [0.4, 0.5) is 17.1 Å². The molecule has 3 heteroatoms. The summed E-state index contributed by atoms with van der Waals surface area (Å²) in [6.45, 7) is 0. The first kappa shape index (κ1) is 28.0. The number of benzene rings is 9. The Hall–Kier alpha value is -6.84. The average molecular weight is 651 g/mol. The maximum Gasteiger partial charge on any atom is 0.143 e. The van der Waals surface area contributed by atoms with Gasteiger partial charge in [-0.05, 0) is 88.3 Å². The van der Waals surface area contributed by atoms with E-state index in [4.69, 9.17) is 4.42 Å². The standard InChI is InChI=1S/C48H30N2O/c1-2-17-35(18-3-1)49(44-22-11-23-46-47(44)39-26-24-32-13-7-9-20-38(32)48(39)51-46)36-25-27-43-41(30-36)40-28-33-14-4-5-15-34(33)29-45(40)50(43)42-21-10-16-31-12-6-8-19-37(31)42/h1-30H. The fraction of sp³-hybridized carbons (Fsp3) is 0. The molecule has 0 saturated heterocycles. The van der Waals surface area contributed by atoms with E-state index in [1.807, 2.05) is 0 Å². The first-order chi connectivity index (χ1) is 25.3. The maximum absolute atomic E-state index is 6.65. The van der Waals surface area contributed by atoms with E-state index in [1.165, 1.54) is 54.4 Å². The highest BCUT2D eigenvalue weighted by molar-refractivity contribution is 6.20. The van der Waals surface area contributed by atoms with Gasteiger partial charge >= 0.3 is 0 Å². The van der Waals surface area contributed by atoms with E-state index in [0.717, 1.165) is 44.4 Å². The Morgan fingerprint density at radius 1 is 0.392 bits per heavy atom. The number of hydrogen-bond donors (Lipinski definition) is 0. The Balaban J connectivity index is 1.22. The number of fused-ring (bicyclic) bond motifs is 10. The molecule has 0 saturated carbocycles. The van der Waals surface area contributed by atoms with E-state index in [1.54, 1.807) is 0 Å². The van der Waals surface area contributed by atoms with Crippen LogP contribution in [-0.4, -0.2) is 4.57 Å². The summed E-state index contributed by atoms with van der Waals surface area (Å²) in [6.07, 6.45) is 0. The number of para-hydroxylation sites is 1. The summed E-state index contributed by atoms with van der Waals surface area (Å²) in [4.78, 5) is 2.38. The van der Waals surface area contributed by atoms with Gasteiger partial charge in [-0.2, -0.15) is 0 Å². The first-order valence-corrected chi connectivity index (χ1v) is 17.4. The minimum Gasteiger partial charge on any atom is -0.455 e. The van der Waals surface area contributed by atoms with Crippen molar-refractivity contribution in [1.82, 2.24) is 4.57 Å². The van der Waals surface area contributed by atoms with Gasteiger partial charge in [0.15, 0.2) is 0 Å². The Morgan fingerprint density at radius 2 is 1.06 bits per heavy atom. The zero-order valence-electron chi connectivity index (χ0n) is 27.6. The quantitative estimate of drug-likeness (QED) is 0.189. The van der Waals surface area contributed by atoms with E-state index in [-0.39, 0.29) is 0 Å². The summed E-state index contributed by atoms with van der Waals surface area (Å²) in [5.41, 5.74) is 8.59. The fourth-order valence-electron chi connectivity index (χ4n) is 8.22. The molecule has 0 spiro atoms. The van der Waals surface area contributed by atoms with E-state index in [2.05, 4.69) is 191 Å². The van der Waals surface area contributed by atoms with Gasteiger partial charge in [0.2, 0.25) is 0 Å². The summed E-state index contributed by atoms with van der Waals surface area (Å²) in [6, 6.07) is 65.6. The van der Waals surface area contributed by atoms with Crippen molar-refractivity contribution >= 4 is 93.1 Å². The monoisotopic (exact) mass is 650 g/mol. The van der Waals surface area contributed by atoms with Crippen molar-refractivity contribution in [3.8, 4) is 5.69 Å². The van der Waals surface area contributed by atoms with Gasteiger partial charge in [-0.3, -0.25) is 0 Å². The maximum atomic E-state index is 6.65. The number of hydrogen-bond acceptors (Lipinski definition) is 2. The number of furan rings is 1. The minimum absolute atomic E-state index is 0.875. The van der Waals surface area contributed by atoms with Crippen LogP contribution >= 0.6 is 0 Å². The molecular formula is C48H30N2O. The molecule has 0 aliphatic rings. The Morgan fingerprint density at radius 3 is 1.90 bits per heavy atom. The lowest BCUT2D eigenvalue weighted by molar-refractivity contribution is 0.672. The van der Waals surface area contributed by atoms with Gasteiger partial charge in [-0.25, -0.2) is 0 Å². The molecule has 0 atom stereocenters. The van der Waals surface area contributed by atoms with Crippen molar-refractivity contribution in [3.63, 3.8) is 0 Å². The van der Waals surface area contributed by atoms with Crippen LogP contribution in [0.5, 0.6) is 0 Å². The van der Waals surface area contributed by atoms with Gasteiger partial charge in [-0.15, -0.1) is 0 Å². The van der Waals surface area contributed by atoms with Gasteiger partial charge in [0.1, 0.15) is 11.2 Å². The van der Waals surface area contributed by atoms with E-state index in [9.17, 15) is 0 Å². The van der Waals surface area contributed by atoms with Crippen LogP contribution in [0.1, 0.15) is 0 Å². The largest absolute Gasteiger partial charge is 0.455 e.